The van der Waals surface area contributed by atoms with Crippen LogP contribution in [-0.2, 0) is 17.9 Å². The van der Waals surface area contributed by atoms with Gasteiger partial charge in [-0.05, 0) is 54.5 Å². The van der Waals surface area contributed by atoms with Crippen molar-refractivity contribution in [3.8, 4) is 5.75 Å². The van der Waals surface area contributed by atoms with E-state index < -0.39 is 0 Å². The zero-order chi connectivity index (χ0) is 26.5. The maximum Gasteiger partial charge on any atom is 0.265 e. The quantitative estimate of drug-likeness (QED) is 0.279. The number of carbonyl (C=O) groups is 2. The van der Waals surface area contributed by atoms with E-state index in [1.54, 1.807) is 19.2 Å². The highest BCUT2D eigenvalue weighted by Gasteiger charge is 2.29. The molecule has 38 heavy (non-hydrogen) atoms. The first-order valence-corrected chi connectivity index (χ1v) is 13.2. The molecule has 1 aliphatic heterocycles. The van der Waals surface area contributed by atoms with Crippen LogP contribution in [0.1, 0.15) is 32.6 Å². The van der Waals surface area contributed by atoms with Gasteiger partial charge in [-0.2, -0.15) is 0 Å². The third-order valence-corrected chi connectivity index (χ3v) is 7.44. The number of nitrogens with zero attached hydrogens (tertiary/aromatic N) is 1. The van der Waals surface area contributed by atoms with Gasteiger partial charge in [-0.3, -0.25) is 9.59 Å². The van der Waals surface area contributed by atoms with E-state index in [1.165, 1.54) is 11.8 Å². The van der Waals surface area contributed by atoms with E-state index in [2.05, 4.69) is 24.4 Å². The van der Waals surface area contributed by atoms with Gasteiger partial charge in [0.2, 0.25) is 0 Å². The molecule has 0 fully saturated rings. The Morgan fingerprint density at radius 2 is 1.71 bits per heavy atom. The standard InChI is InChI=1S/C32H28N2O3S/c1-22-8-7-9-24(18-22)21-34-27-11-4-6-13-29(27)38-30(32(34)36)19-23-14-16-25(17-15-23)31(35)33-20-26-10-3-5-12-28(26)37-2/h3-19H,20-21H2,1-2H3,(H,33,35)/b30-19+. The fourth-order valence-electron chi connectivity index (χ4n) is 4.42. The number of methoxy groups -OCH3 is 1. The smallest absolute Gasteiger partial charge is 0.265 e. The van der Waals surface area contributed by atoms with Crippen molar-refractivity contribution in [3.63, 3.8) is 0 Å². The van der Waals surface area contributed by atoms with E-state index in [1.807, 2.05) is 83.8 Å². The van der Waals surface area contributed by atoms with Crippen LogP contribution < -0.4 is 15.0 Å². The SMILES string of the molecule is COc1ccccc1CNC(=O)c1ccc(/C=C2/Sc3ccccc3N(Cc3cccc(C)c3)C2=O)cc1. The van der Waals surface area contributed by atoms with Gasteiger partial charge < -0.3 is 15.0 Å². The number of thioether (sulfide) groups is 1. The van der Waals surface area contributed by atoms with Crippen molar-refractivity contribution in [2.24, 2.45) is 0 Å². The fraction of sp³-hybridized carbons (Fsp3) is 0.125. The highest BCUT2D eigenvalue weighted by atomic mass is 32.2. The molecule has 0 unspecified atom stereocenters. The summed E-state index contributed by atoms with van der Waals surface area (Å²) in [6.45, 7) is 2.93. The second-order valence-electron chi connectivity index (χ2n) is 9.08. The van der Waals surface area contributed by atoms with Crippen molar-refractivity contribution in [1.29, 1.82) is 0 Å². The van der Waals surface area contributed by atoms with Crippen LogP contribution in [0, 0.1) is 6.92 Å². The van der Waals surface area contributed by atoms with Crippen molar-refractivity contribution in [2.75, 3.05) is 12.0 Å². The average molecular weight is 521 g/mol. The Labute approximate surface area is 227 Å². The third-order valence-electron chi connectivity index (χ3n) is 6.36. The zero-order valence-electron chi connectivity index (χ0n) is 21.3. The summed E-state index contributed by atoms with van der Waals surface area (Å²) in [6, 6.07) is 31.1. The lowest BCUT2D eigenvalue weighted by Gasteiger charge is -2.30. The topological polar surface area (TPSA) is 58.6 Å². The second kappa shape index (κ2) is 11.4. The molecule has 0 saturated carbocycles. The van der Waals surface area contributed by atoms with Gasteiger partial charge in [0.1, 0.15) is 5.75 Å². The van der Waals surface area contributed by atoms with E-state index in [9.17, 15) is 9.59 Å². The Balaban J connectivity index is 1.33. The first-order valence-electron chi connectivity index (χ1n) is 12.4. The van der Waals surface area contributed by atoms with Crippen molar-refractivity contribution in [1.82, 2.24) is 5.32 Å². The Morgan fingerprint density at radius 3 is 2.50 bits per heavy atom. The summed E-state index contributed by atoms with van der Waals surface area (Å²) >= 11 is 1.48. The molecule has 0 radical (unpaired) electrons. The molecule has 1 aliphatic rings. The monoisotopic (exact) mass is 520 g/mol. The van der Waals surface area contributed by atoms with Crippen LogP contribution in [0.4, 0.5) is 5.69 Å². The van der Waals surface area contributed by atoms with Gasteiger partial charge in [0.05, 0.1) is 24.2 Å². The molecule has 0 bridgehead atoms. The van der Waals surface area contributed by atoms with Crippen LogP contribution in [0.2, 0.25) is 0 Å². The summed E-state index contributed by atoms with van der Waals surface area (Å²) in [5.41, 5.74) is 5.49. The summed E-state index contributed by atoms with van der Waals surface area (Å²) in [4.78, 5) is 29.8. The molecule has 0 aliphatic carbocycles. The molecule has 6 heteroatoms. The first kappa shape index (κ1) is 25.4. The molecule has 190 valence electrons. The van der Waals surface area contributed by atoms with E-state index in [0.717, 1.165) is 38.6 Å². The molecule has 1 N–H and O–H groups in total. The van der Waals surface area contributed by atoms with Gasteiger partial charge in [0, 0.05) is 22.6 Å². The first-order chi connectivity index (χ1) is 18.5. The lowest BCUT2D eigenvalue weighted by atomic mass is 10.1. The predicted octanol–water partition coefficient (Wildman–Crippen LogP) is 6.61. The Morgan fingerprint density at radius 1 is 0.947 bits per heavy atom. The molecule has 2 amide bonds. The average Bonchev–Trinajstić information content (AvgIpc) is 2.94. The van der Waals surface area contributed by atoms with Crippen LogP contribution in [-0.4, -0.2) is 18.9 Å². The molecular weight excluding hydrogens is 492 g/mol. The zero-order valence-corrected chi connectivity index (χ0v) is 22.1. The predicted molar refractivity (Wildman–Crippen MR) is 153 cm³/mol. The summed E-state index contributed by atoms with van der Waals surface area (Å²) in [5, 5.41) is 2.94. The maximum atomic E-state index is 13.6. The van der Waals surface area contributed by atoms with E-state index in [0.29, 0.717) is 23.6 Å². The van der Waals surface area contributed by atoms with Gasteiger partial charge in [-0.1, -0.05) is 84.1 Å². The van der Waals surface area contributed by atoms with Gasteiger partial charge in [0.15, 0.2) is 0 Å². The lowest BCUT2D eigenvalue weighted by molar-refractivity contribution is -0.114. The maximum absolute atomic E-state index is 13.6. The number of amides is 2. The number of carbonyl (C=O) groups excluding carboxylic acids is 2. The summed E-state index contributed by atoms with van der Waals surface area (Å²) in [5.74, 6) is 0.535. The van der Waals surface area contributed by atoms with Crippen LogP contribution in [0.15, 0.2) is 107 Å². The molecule has 0 saturated heterocycles. The number of fused-ring (bicyclic) bond motifs is 1. The minimum atomic E-state index is -0.170. The summed E-state index contributed by atoms with van der Waals surface area (Å²) in [7, 11) is 1.61. The highest BCUT2D eigenvalue weighted by Crippen LogP contribution is 2.42. The Bertz CT molecular complexity index is 1510. The van der Waals surface area contributed by atoms with Crippen molar-refractivity contribution in [2.45, 2.75) is 24.9 Å². The molecule has 4 aromatic carbocycles. The lowest BCUT2D eigenvalue weighted by Crippen LogP contribution is -2.33. The van der Waals surface area contributed by atoms with Crippen LogP contribution >= 0.6 is 11.8 Å². The number of rotatable bonds is 7. The third kappa shape index (κ3) is 5.66. The number of aryl methyl sites for hydroxylation is 1. The molecule has 4 aromatic rings. The Kier molecular flexibility index (Phi) is 7.61. The van der Waals surface area contributed by atoms with E-state index in [-0.39, 0.29) is 11.8 Å². The molecule has 0 aromatic heterocycles. The number of nitrogens with one attached hydrogen (secondary N) is 1. The van der Waals surface area contributed by atoms with Gasteiger partial charge >= 0.3 is 0 Å². The van der Waals surface area contributed by atoms with Crippen molar-refractivity contribution in [3.05, 3.63) is 130 Å². The van der Waals surface area contributed by atoms with E-state index >= 15 is 0 Å². The number of ether oxygens (including phenoxy) is 1. The number of para-hydroxylation sites is 2. The molecular formula is C32H28N2O3S. The molecule has 5 rings (SSSR count). The van der Waals surface area contributed by atoms with Gasteiger partial charge in [-0.15, -0.1) is 0 Å². The minimum absolute atomic E-state index is 0.0335. The van der Waals surface area contributed by atoms with E-state index in [4.69, 9.17) is 4.74 Å². The summed E-state index contributed by atoms with van der Waals surface area (Å²) in [6.07, 6.45) is 1.89. The number of benzene rings is 4. The minimum Gasteiger partial charge on any atom is -0.496 e. The fourth-order valence-corrected chi connectivity index (χ4v) is 5.48. The molecule has 1 heterocycles. The van der Waals surface area contributed by atoms with Gasteiger partial charge in [0.25, 0.3) is 11.8 Å². The molecule has 0 spiro atoms. The van der Waals surface area contributed by atoms with Crippen molar-refractivity contribution < 1.29 is 14.3 Å². The van der Waals surface area contributed by atoms with Crippen LogP contribution in [0.3, 0.4) is 0 Å². The van der Waals surface area contributed by atoms with Crippen LogP contribution in [0.25, 0.3) is 6.08 Å². The largest absolute Gasteiger partial charge is 0.496 e. The number of anilines is 1. The molecule has 5 nitrogen and oxygen atoms in total. The second-order valence-corrected chi connectivity index (χ2v) is 10.2. The van der Waals surface area contributed by atoms with Gasteiger partial charge in [-0.25, -0.2) is 0 Å². The molecule has 0 atom stereocenters. The Hall–Kier alpha value is -4.29. The number of hydrogen-bond acceptors (Lipinski definition) is 4. The highest BCUT2D eigenvalue weighted by molar-refractivity contribution is 8.04. The van der Waals surface area contributed by atoms with Crippen molar-refractivity contribution >= 4 is 35.3 Å². The number of hydrogen-bond donors (Lipinski definition) is 1. The summed E-state index contributed by atoms with van der Waals surface area (Å²) < 4.78 is 5.36. The van der Waals surface area contributed by atoms with Crippen LogP contribution in [0.5, 0.6) is 5.75 Å². The normalized spacial score (nSPS) is 13.8.